The molecule has 29 heavy (non-hydrogen) atoms. The predicted molar refractivity (Wildman–Crippen MR) is 118 cm³/mol. The molecule has 0 unspecified atom stereocenters. The summed E-state index contributed by atoms with van der Waals surface area (Å²) in [5, 5.41) is 8.78. The van der Waals surface area contributed by atoms with Crippen LogP contribution in [0.5, 0.6) is 5.75 Å². The Bertz CT molecular complexity index is 758. The highest BCUT2D eigenvalue weighted by molar-refractivity contribution is 5.96. The number of amides is 2. The molecular formula is C23H31N3O3. The minimum Gasteiger partial charge on any atom is -0.494 e. The van der Waals surface area contributed by atoms with Gasteiger partial charge in [-0.2, -0.15) is 0 Å². The van der Waals surface area contributed by atoms with Crippen molar-refractivity contribution in [1.82, 2.24) is 5.32 Å². The van der Waals surface area contributed by atoms with Gasteiger partial charge in [-0.3, -0.25) is 9.59 Å². The zero-order valence-electron chi connectivity index (χ0n) is 17.3. The Morgan fingerprint density at radius 1 is 0.862 bits per heavy atom. The van der Waals surface area contributed by atoms with Crippen molar-refractivity contribution in [3.8, 4) is 5.75 Å². The van der Waals surface area contributed by atoms with Crippen molar-refractivity contribution in [2.45, 2.75) is 39.5 Å². The summed E-state index contributed by atoms with van der Waals surface area (Å²) >= 11 is 0. The van der Waals surface area contributed by atoms with Crippen molar-refractivity contribution >= 4 is 23.2 Å². The summed E-state index contributed by atoms with van der Waals surface area (Å²) < 4.78 is 5.62. The zero-order chi connectivity index (χ0) is 20.9. The molecule has 0 aromatic heterocycles. The fourth-order valence-electron chi connectivity index (χ4n) is 2.58. The molecule has 2 rings (SSSR count). The lowest BCUT2D eigenvalue weighted by atomic mass is 10.2. The van der Waals surface area contributed by atoms with Gasteiger partial charge in [0.25, 0.3) is 5.91 Å². The van der Waals surface area contributed by atoms with E-state index in [1.165, 1.54) is 0 Å². The van der Waals surface area contributed by atoms with Crippen molar-refractivity contribution in [1.29, 1.82) is 0 Å². The van der Waals surface area contributed by atoms with Crippen molar-refractivity contribution in [2.75, 3.05) is 30.3 Å². The largest absolute Gasteiger partial charge is 0.494 e. The number of anilines is 2. The summed E-state index contributed by atoms with van der Waals surface area (Å²) in [5.74, 6) is 0.570. The Morgan fingerprint density at radius 2 is 1.52 bits per heavy atom. The molecule has 3 N–H and O–H groups in total. The highest BCUT2D eigenvalue weighted by Gasteiger charge is 2.06. The fourth-order valence-corrected chi connectivity index (χ4v) is 2.58. The van der Waals surface area contributed by atoms with Crippen molar-refractivity contribution in [3.05, 3.63) is 54.1 Å². The maximum absolute atomic E-state index is 12.1. The molecule has 0 saturated carbocycles. The zero-order valence-corrected chi connectivity index (χ0v) is 17.3. The number of rotatable bonds is 12. The standard InChI is InChI=1S/C23H31N3O3/c1-3-5-15-24-23(28)18-7-9-20(10-8-18)26-22(27)17-25-19-11-13-21(14-12-19)29-16-6-4-2/h7-14,25H,3-6,15-17H2,1-2H3,(H,24,28)(H,26,27). The highest BCUT2D eigenvalue weighted by Crippen LogP contribution is 2.16. The number of carbonyl (C=O) groups is 2. The summed E-state index contributed by atoms with van der Waals surface area (Å²) in [6.07, 6.45) is 4.13. The second-order valence-electron chi connectivity index (χ2n) is 6.81. The monoisotopic (exact) mass is 397 g/mol. The highest BCUT2D eigenvalue weighted by atomic mass is 16.5. The quantitative estimate of drug-likeness (QED) is 0.463. The van der Waals surface area contributed by atoms with Gasteiger partial charge in [0.15, 0.2) is 0 Å². The van der Waals surface area contributed by atoms with Crippen LogP contribution in [0.2, 0.25) is 0 Å². The third-order valence-electron chi connectivity index (χ3n) is 4.32. The molecule has 0 saturated heterocycles. The van der Waals surface area contributed by atoms with E-state index in [1.807, 2.05) is 24.3 Å². The average Bonchev–Trinajstić information content (AvgIpc) is 2.74. The number of benzene rings is 2. The van der Waals surface area contributed by atoms with E-state index in [0.29, 0.717) is 24.4 Å². The van der Waals surface area contributed by atoms with Gasteiger partial charge in [-0.05, 0) is 61.4 Å². The molecule has 156 valence electrons. The third-order valence-corrected chi connectivity index (χ3v) is 4.32. The van der Waals surface area contributed by atoms with Crippen LogP contribution in [-0.2, 0) is 4.79 Å². The molecule has 0 heterocycles. The lowest BCUT2D eigenvalue weighted by Crippen LogP contribution is -2.24. The molecule has 0 aliphatic rings. The SMILES string of the molecule is CCCCNC(=O)c1ccc(NC(=O)CNc2ccc(OCCCC)cc2)cc1. The smallest absolute Gasteiger partial charge is 0.251 e. The van der Waals surface area contributed by atoms with Crippen LogP contribution in [0.1, 0.15) is 49.9 Å². The number of unbranched alkanes of at least 4 members (excludes halogenated alkanes) is 2. The number of carbonyl (C=O) groups excluding carboxylic acids is 2. The maximum Gasteiger partial charge on any atom is 0.251 e. The minimum absolute atomic E-state index is 0.0971. The van der Waals surface area contributed by atoms with Gasteiger partial charge in [0.1, 0.15) is 5.75 Å². The van der Waals surface area contributed by atoms with Gasteiger partial charge in [-0.25, -0.2) is 0 Å². The van der Waals surface area contributed by atoms with Crippen LogP contribution in [-0.4, -0.2) is 31.5 Å². The number of nitrogens with one attached hydrogen (secondary N) is 3. The topological polar surface area (TPSA) is 79.5 Å². The van der Waals surface area contributed by atoms with E-state index >= 15 is 0 Å². The number of hydrogen-bond donors (Lipinski definition) is 3. The Balaban J connectivity index is 1.75. The fraction of sp³-hybridized carbons (Fsp3) is 0.391. The van der Waals surface area contributed by atoms with E-state index in [1.54, 1.807) is 24.3 Å². The van der Waals surface area contributed by atoms with Crippen LogP contribution >= 0.6 is 0 Å². The molecule has 2 amide bonds. The Hall–Kier alpha value is -3.02. The van der Waals surface area contributed by atoms with Crippen LogP contribution < -0.4 is 20.7 Å². The van der Waals surface area contributed by atoms with Crippen molar-refractivity contribution in [2.24, 2.45) is 0 Å². The van der Waals surface area contributed by atoms with Crippen molar-refractivity contribution < 1.29 is 14.3 Å². The van der Waals surface area contributed by atoms with Crippen LogP contribution in [0.15, 0.2) is 48.5 Å². The summed E-state index contributed by atoms with van der Waals surface area (Å²) in [7, 11) is 0. The van der Waals surface area contributed by atoms with Gasteiger partial charge in [0.05, 0.1) is 13.2 Å². The number of ether oxygens (including phenoxy) is 1. The minimum atomic E-state index is -0.159. The van der Waals surface area contributed by atoms with Gasteiger partial charge < -0.3 is 20.7 Å². The lowest BCUT2D eigenvalue weighted by Gasteiger charge is -2.10. The van der Waals surface area contributed by atoms with E-state index in [9.17, 15) is 9.59 Å². The van der Waals surface area contributed by atoms with Crippen LogP contribution in [0, 0.1) is 0 Å². The maximum atomic E-state index is 12.1. The first-order valence-electron chi connectivity index (χ1n) is 10.3. The second kappa shape index (κ2) is 12.4. The van der Waals surface area contributed by atoms with Gasteiger partial charge in [-0.15, -0.1) is 0 Å². The van der Waals surface area contributed by atoms with Crippen molar-refractivity contribution in [3.63, 3.8) is 0 Å². The number of hydrogen-bond acceptors (Lipinski definition) is 4. The molecule has 0 radical (unpaired) electrons. The molecule has 6 heteroatoms. The molecule has 0 fully saturated rings. The summed E-state index contributed by atoms with van der Waals surface area (Å²) in [6, 6.07) is 14.4. The van der Waals surface area contributed by atoms with E-state index in [0.717, 1.165) is 37.1 Å². The van der Waals surface area contributed by atoms with E-state index in [2.05, 4.69) is 29.8 Å². The predicted octanol–water partition coefficient (Wildman–Crippen LogP) is 4.45. The Kier molecular flexibility index (Phi) is 9.55. The van der Waals surface area contributed by atoms with Gasteiger partial charge in [0.2, 0.25) is 5.91 Å². The lowest BCUT2D eigenvalue weighted by molar-refractivity contribution is -0.114. The first-order valence-corrected chi connectivity index (χ1v) is 10.3. The third kappa shape index (κ3) is 8.25. The Morgan fingerprint density at radius 3 is 2.17 bits per heavy atom. The molecule has 0 atom stereocenters. The van der Waals surface area contributed by atoms with Gasteiger partial charge in [0, 0.05) is 23.5 Å². The molecule has 6 nitrogen and oxygen atoms in total. The first kappa shape index (κ1) is 22.3. The van der Waals surface area contributed by atoms with E-state index in [4.69, 9.17) is 4.74 Å². The van der Waals surface area contributed by atoms with E-state index < -0.39 is 0 Å². The van der Waals surface area contributed by atoms with E-state index in [-0.39, 0.29) is 18.4 Å². The molecular weight excluding hydrogens is 366 g/mol. The van der Waals surface area contributed by atoms with Crippen LogP contribution in [0.3, 0.4) is 0 Å². The summed E-state index contributed by atoms with van der Waals surface area (Å²) in [6.45, 7) is 5.74. The summed E-state index contributed by atoms with van der Waals surface area (Å²) in [4.78, 5) is 24.1. The molecule has 2 aromatic rings. The average molecular weight is 398 g/mol. The van der Waals surface area contributed by atoms with Crippen LogP contribution in [0.25, 0.3) is 0 Å². The van der Waals surface area contributed by atoms with Gasteiger partial charge in [-0.1, -0.05) is 26.7 Å². The molecule has 0 spiro atoms. The Labute approximate surface area is 173 Å². The first-order chi connectivity index (χ1) is 14.1. The van der Waals surface area contributed by atoms with Gasteiger partial charge >= 0.3 is 0 Å². The molecule has 0 aliphatic carbocycles. The second-order valence-corrected chi connectivity index (χ2v) is 6.81. The summed E-state index contributed by atoms with van der Waals surface area (Å²) in [5.41, 5.74) is 2.09. The molecule has 2 aromatic carbocycles. The molecule has 0 bridgehead atoms. The normalized spacial score (nSPS) is 10.3. The van der Waals surface area contributed by atoms with Crippen LogP contribution in [0.4, 0.5) is 11.4 Å². The molecule has 0 aliphatic heterocycles.